The van der Waals surface area contributed by atoms with Gasteiger partial charge in [-0.1, -0.05) is 30.3 Å². The number of carbonyl (C=O) groups excluding carboxylic acids is 1. The van der Waals surface area contributed by atoms with Gasteiger partial charge in [-0.15, -0.1) is 0 Å². The van der Waals surface area contributed by atoms with Crippen LogP contribution in [0.3, 0.4) is 0 Å². The number of pyridine rings is 1. The number of rotatable bonds is 4. The van der Waals surface area contributed by atoms with Gasteiger partial charge >= 0.3 is 0 Å². The quantitative estimate of drug-likeness (QED) is 0.631. The summed E-state index contributed by atoms with van der Waals surface area (Å²) >= 11 is 0. The van der Waals surface area contributed by atoms with Crippen LogP contribution in [0.15, 0.2) is 53.5 Å². The van der Waals surface area contributed by atoms with Crippen LogP contribution < -0.4 is 5.56 Å². The fraction of sp³-hybridized carbons (Fsp3) is 0.333. The Labute approximate surface area is 144 Å². The molecule has 1 aliphatic heterocycles. The van der Waals surface area contributed by atoms with Crippen LogP contribution >= 0.6 is 0 Å². The van der Waals surface area contributed by atoms with E-state index in [-0.39, 0.29) is 11.6 Å². The molecule has 0 saturated carbocycles. The SMILES string of the molecule is O=C([C@@H](c1ccccc1)n1cc([N+](=O)[O-])ccc1=O)N1CCCCC1. The standard InChI is InChI=1S/C18H19N3O4/c22-16-10-9-15(21(24)25)13-20(16)17(14-7-3-1-4-8-14)18(23)19-11-5-2-6-12-19/h1,3-4,7-10,13,17H,2,5-6,11-12H2/t17-/m1/s1. The van der Waals surface area contributed by atoms with Crippen molar-refractivity contribution in [2.24, 2.45) is 0 Å². The average molecular weight is 341 g/mol. The molecule has 1 aromatic heterocycles. The summed E-state index contributed by atoms with van der Waals surface area (Å²) in [6.07, 6.45) is 4.09. The summed E-state index contributed by atoms with van der Waals surface area (Å²) in [6.45, 7) is 1.29. The molecule has 1 fully saturated rings. The van der Waals surface area contributed by atoms with E-state index < -0.39 is 16.5 Å². The van der Waals surface area contributed by atoms with Crippen molar-refractivity contribution < 1.29 is 9.72 Å². The Kier molecular flexibility index (Phi) is 4.92. The van der Waals surface area contributed by atoms with Gasteiger partial charge in [0.15, 0.2) is 0 Å². The molecule has 2 aromatic rings. The molecule has 7 nitrogen and oxygen atoms in total. The first-order valence-corrected chi connectivity index (χ1v) is 8.28. The second kappa shape index (κ2) is 7.29. The zero-order valence-electron chi connectivity index (χ0n) is 13.7. The number of nitro groups is 1. The summed E-state index contributed by atoms with van der Waals surface area (Å²) in [7, 11) is 0. The van der Waals surface area contributed by atoms with Crippen molar-refractivity contribution in [1.82, 2.24) is 9.47 Å². The molecular weight excluding hydrogens is 322 g/mol. The highest BCUT2D eigenvalue weighted by Crippen LogP contribution is 2.23. The van der Waals surface area contributed by atoms with Crippen molar-refractivity contribution in [3.63, 3.8) is 0 Å². The van der Waals surface area contributed by atoms with Crippen molar-refractivity contribution >= 4 is 11.6 Å². The Morgan fingerprint density at radius 2 is 1.72 bits per heavy atom. The molecule has 1 aliphatic rings. The summed E-state index contributed by atoms with van der Waals surface area (Å²) in [5.74, 6) is -0.200. The van der Waals surface area contributed by atoms with Crippen molar-refractivity contribution in [3.05, 3.63) is 74.7 Å². The van der Waals surface area contributed by atoms with Gasteiger partial charge in [-0.05, 0) is 24.8 Å². The van der Waals surface area contributed by atoms with E-state index in [4.69, 9.17) is 0 Å². The van der Waals surface area contributed by atoms with Gasteiger partial charge in [-0.3, -0.25) is 24.3 Å². The molecule has 1 amide bonds. The molecule has 7 heteroatoms. The van der Waals surface area contributed by atoms with Crippen LogP contribution in [0.2, 0.25) is 0 Å². The van der Waals surface area contributed by atoms with E-state index in [2.05, 4.69) is 0 Å². The number of carbonyl (C=O) groups is 1. The fourth-order valence-corrected chi connectivity index (χ4v) is 3.15. The Hall–Kier alpha value is -2.96. The number of hydrogen-bond acceptors (Lipinski definition) is 4. The van der Waals surface area contributed by atoms with Gasteiger partial charge in [0.25, 0.3) is 11.2 Å². The molecule has 1 aromatic carbocycles. The zero-order valence-corrected chi connectivity index (χ0v) is 13.7. The van der Waals surface area contributed by atoms with E-state index in [1.54, 1.807) is 29.2 Å². The monoisotopic (exact) mass is 341 g/mol. The third kappa shape index (κ3) is 3.60. The molecule has 0 unspecified atom stereocenters. The van der Waals surface area contributed by atoms with Gasteiger partial charge in [0.1, 0.15) is 6.04 Å². The molecule has 1 atom stereocenters. The molecule has 3 rings (SSSR count). The average Bonchev–Trinajstić information content (AvgIpc) is 2.65. The largest absolute Gasteiger partial charge is 0.341 e. The van der Waals surface area contributed by atoms with Gasteiger partial charge in [-0.2, -0.15) is 0 Å². The Morgan fingerprint density at radius 1 is 1.04 bits per heavy atom. The van der Waals surface area contributed by atoms with Crippen LogP contribution in [0.25, 0.3) is 0 Å². The van der Waals surface area contributed by atoms with Crippen LogP contribution in [0.5, 0.6) is 0 Å². The zero-order chi connectivity index (χ0) is 17.8. The number of nitrogens with zero attached hydrogens (tertiary/aromatic N) is 3. The molecular formula is C18H19N3O4. The third-order valence-electron chi connectivity index (χ3n) is 4.43. The van der Waals surface area contributed by atoms with Gasteiger partial charge in [0, 0.05) is 25.2 Å². The molecule has 25 heavy (non-hydrogen) atoms. The highest BCUT2D eigenvalue weighted by atomic mass is 16.6. The minimum absolute atomic E-state index is 0.200. The van der Waals surface area contributed by atoms with Gasteiger partial charge < -0.3 is 4.90 Å². The maximum atomic E-state index is 13.1. The Morgan fingerprint density at radius 3 is 2.36 bits per heavy atom. The lowest BCUT2D eigenvalue weighted by Crippen LogP contribution is -2.43. The van der Waals surface area contributed by atoms with Crippen LogP contribution in [0.4, 0.5) is 5.69 Å². The number of piperidine rings is 1. The van der Waals surface area contributed by atoms with E-state index in [1.165, 1.54) is 4.57 Å². The molecule has 1 saturated heterocycles. The maximum absolute atomic E-state index is 13.1. The predicted molar refractivity (Wildman–Crippen MR) is 92.4 cm³/mol. The number of hydrogen-bond donors (Lipinski definition) is 0. The van der Waals surface area contributed by atoms with Gasteiger partial charge in [0.2, 0.25) is 5.91 Å². The molecule has 0 radical (unpaired) electrons. The Balaban J connectivity index is 2.08. The number of amides is 1. The van der Waals surface area contributed by atoms with Crippen molar-refractivity contribution in [2.75, 3.05) is 13.1 Å². The van der Waals surface area contributed by atoms with Crippen molar-refractivity contribution in [2.45, 2.75) is 25.3 Å². The summed E-state index contributed by atoms with van der Waals surface area (Å²) in [6, 6.07) is 10.3. The van der Waals surface area contributed by atoms with E-state index in [1.807, 2.05) is 6.07 Å². The van der Waals surface area contributed by atoms with Crippen molar-refractivity contribution in [3.8, 4) is 0 Å². The molecule has 0 bridgehead atoms. The van der Waals surface area contributed by atoms with Crippen LogP contribution in [-0.2, 0) is 4.79 Å². The molecule has 130 valence electrons. The van der Waals surface area contributed by atoms with E-state index in [9.17, 15) is 19.7 Å². The minimum atomic E-state index is -0.897. The Bertz CT molecular complexity index is 826. The predicted octanol–water partition coefficient (Wildman–Crippen LogP) is 2.36. The smallest absolute Gasteiger partial charge is 0.285 e. The first-order valence-electron chi connectivity index (χ1n) is 8.28. The lowest BCUT2D eigenvalue weighted by Gasteiger charge is -2.31. The third-order valence-corrected chi connectivity index (χ3v) is 4.43. The number of benzene rings is 1. The van der Waals surface area contributed by atoms with Gasteiger partial charge in [-0.25, -0.2) is 0 Å². The first-order chi connectivity index (χ1) is 12.1. The summed E-state index contributed by atoms with van der Waals surface area (Å²) in [5.41, 5.74) is -0.0162. The second-order valence-corrected chi connectivity index (χ2v) is 6.09. The maximum Gasteiger partial charge on any atom is 0.285 e. The normalized spacial score (nSPS) is 15.6. The van der Waals surface area contributed by atoms with Crippen LogP contribution in [0.1, 0.15) is 30.9 Å². The molecule has 0 N–H and O–H groups in total. The highest BCUT2D eigenvalue weighted by Gasteiger charge is 2.29. The van der Waals surface area contributed by atoms with Crippen LogP contribution in [0, 0.1) is 10.1 Å². The highest BCUT2D eigenvalue weighted by molar-refractivity contribution is 5.83. The lowest BCUT2D eigenvalue weighted by atomic mass is 10.0. The molecule has 2 heterocycles. The van der Waals surface area contributed by atoms with Crippen LogP contribution in [-0.4, -0.2) is 33.4 Å². The fourth-order valence-electron chi connectivity index (χ4n) is 3.15. The molecule has 0 spiro atoms. The number of likely N-dealkylation sites (tertiary alicyclic amines) is 1. The lowest BCUT2D eigenvalue weighted by molar-refractivity contribution is -0.385. The van der Waals surface area contributed by atoms with E-state index in [0.717, 1.165) is 37.6 Å². The summed E-state index contributed by atoms with van der Waals surface area (Å²) in [5, 5.41) is 11.1. The van der Waals surface area contributed by atoms with E-state index >= 15 is 0 Å². The van der Waals surface area contributed by atoms with Crippen molar-refractivity contribution in [1.29, 1.82) is 0 Å². The van der Waals surface area contributed by atoms with E-state index in [0.29, 0.717) is 18.7 Å². The first kappa shape index (κ1) is 16.9. The molecule has 0 aliphatic carbocycles. The summed E-state index contributed by atoms with van der Waals surface area (Å²) in [4.78, 5) is 37.8. The van der Waals surface area contributed by atoms with Gasteiger partial charge in [0.05, 0.1) is 11.1 Å². The summed E-state index contributed by atoms with van der Waals surface area (Å²) < 4.78 is 1.17. The second-order valence-electron chi connectivity index (χ2n) is 6.09. The number of aromatic nitrogens is 1. The minimum Gasteiger partial charge on any atom is -0.341 e. The topological polar surface area (TPSA) is 85.5 Å².